The summed E-state index contributed by atoms with van der Waals surface area (Å²) < 4.78 is 0. The molecule has 2 aromatic carbocycles. The first-order valence-electron chi connectivity index (χ1n) is 10.9. The van der Waals surface area contributed by atoms with Gasteiger partial charge < -0.3 is 5.11 Å². The monoisotopic (exact) mass is 406 g/mol. The van der Waals surface area contributed by atoms with Crippen molar-refractivity contribution >= 4 is 19.3 Å². The second-order valence-corrected chi connectivity index (χ2v) is 16.2. The Balaban J connectivity index is 2.20. The molecule has 0 radical (unpaired) electrons. The van der Waals surface area contributed by atoms with Gasteiger partial charge in [-0.1, -0.05) is 95.0 Å². The lowest BCUT2D eigenvalue weighted by atomic mass is 9.62. The Kier molecular flexibility index (Phi) is 5.75. The second kappa shape index (κ2) is 7.56. The summed E-state index contributed by atoms with van der Waals surface area (Å²) in [4.78, 5) is 0. The summed E-state index contributed by atoms with van der Waals surface area (Å²) in [6, 6.07) is 13.3. The molecule has 0 aliphatic heterocycles. The molecule has 2 aromatic rings. The molecule has 0 spiro atoms. The number of fused-ring (bicyclic) bond motifs is 1. The van der Waals surface area contributed by atoms with Gasteiger partial charge in [0.25, 0.3) is 0 Å². The fourth-order valence-electron chi connectivity index (χ4n) is 4.60. The largest absolute Gasteiger partial charge is 0.392 e. The van der Waals surface area contributed by atoms with E-state index in [0.717, 1.165) is 5.56 Å². The van der Waals surface area contributed by atoms with E-state index in [1.165, 1.54) is 45.9 Å². The SMILES string of the molecule is Cc1cc2c(cc1/C(=C/c1ccc(CO)cc1)[Si](C)(C)C)C(C)(C)CCC2(C)C. The molecule has 0 amide bonds. The number of hydrogen-bond donors (Lipinski definition) is 1. The fourth-order valence-corrected chi connectivity index (χ4v) is 6.27. The molecule has 156 valence electrons. The minimum atomic E-state index is -1.58. The topological polar surface area (TPSA) is 20.2 Å². The minimum absolute atomic E-state index is 0.0969. The van der Waals surface area contributed by atoms with E-state index in [9.17, 15) is 5.11 Å². The predicted octanol–water partition coefficient (Wildman–Crippen LogP) is 7.25. The van der Waals surface area contributed by atoms with E-state index in [0.29, 0.717) is 0 Å². The van der Waals surface area contributed by atoms with Gasteiger partial charge in [-0.3, -0.25) is 0 Å². The van der Waals surface area contributed by atoms with Crippen LogP contribution in [0.25, 0.3) is 11.3 Å². The lowest BCUT2D eigenvalue weighted by Gasteiger charge is -2.43. The average molecular weight is 407 g/mol. The number of hydrogen-bond acceptors (Lipinski definition) is 1. The van der Waals surface area contributed by atoms with Crippen molar-refractivity contribution in [2.24, 2.45) is 0 Å². The van der Waals surface area contributed by atoms with Crippen LogP contribution in [-0.4, -0.2) is 13.2 Å². The summed E-state index contributed by atoms with van der Waals surface area (Å²) in [5.74, 6) is 0. The van der Waals surface area contributed by atoms with E-state index in [2.05, 4.69) is 84.6 Å². The molecule has 0 saturated heterocycles. The Morgan fingerprint density at radius 2 is 1.45 bits per heavy atom. The van der Waals surface area contributed by atoms with Gasteiger partial charge in [0.2, 0.25) is 0 Å². The van der Waals surface area contributed by atoms with E-state index in [-0.39, 0.29) is 17.4 Å². The van der Waals surface area contributed by atoms with Gasteiger partial charge in [-0.25, -0.2) is 0 Å². The fraction of sp³-hybridized carbons (Fsp3) is 0.481. The van der Waals surface area contributed by atoms with E-state index >= 15 is 0 Å². The second-order valence-electron chi connectivity index (χ2n) is 11.2. The molecule has 29 heavy (non-hydrogen) atoms. The van der Waals surface area contributed by atoms with Crippen LogP contribution in [0.4, 0.5) is 0 Å². The van der Waals surface area contributed by atoms with Crippen LogP contribution >= 0.6 is 0 Å². The molecule has 3 rings (SSSR count). The highest BCUT2D eigenvalue weighted by molar-refractivity contribution is 6.94. The highest BCUT2D eigenvalue weighted by atomic mass is 28.3. The first kappa shape index (κ1) is 22.1. The van der Waals surface area contributed by atoms with Crippen molar-refractivity contribution in [3.8, 4) is 0 Å². The molecule has 0 atom stereocenters. The summed E-state index contributed by atoms with van der Waals surface area (Å²) in [7, 11) is -1.58. The van der Waals surface area contributed by atoms with Gasteiger partial charge in [0.05, 0.1) is 14.7 Å². The third kappa shape index (κ3) is 4.44. The van der Waals surface area contributed by atoms with Crippen molar-refractivity contribution in [2.45, 2.75) is 84.5 Å². The van der Waals surface area contributed by atoms with Crippen molar-refractivity contribution in [3.05, 3.63) is 69.8 Å². The van der Waals surface area contributed by atoms with E-state index < -0.39 is 8.07 Å². The lowest BCUT2D eigenvalue weighted by Crippen LogP contribution is -2.34. The summed E-state index contributed by atoms with van der Waals surface area (Å²) in [6.07, 6.45) is 4.88. The zero-order valence-corrected chi connectivity index (χ0v) is 20.6. The van der Waals surface area contributed by atoms with Gasteiger partial charge >= 0.3 is 0 Å². The smallest absolute Gasteiger partial charge is 0.0784 e. The molecule has 0 fully saturated rings. The van der Waals surface area contributed by atoms with Crippen LogP contribution in [-0.2, 0) is 17.4 Å². The first-order valence-corrected chi connectivity index (χ1v) is 14.4. The summed E-state index contributed by atoms with van der Waals surface area (Å²) in [6.45, 7) is 19.3. The van der Waals surface area contributed by atoms with Crippen LogP contribution in [0.1, 0.15) is 73.9 Å². The van der Waals surface area contributed by atoms with Gasteiger partial charge in [-0.2, -0.15) is 0 Å². The molecule has 0 unspecified atom stereocenters. The first-order chi connectivity index (χ1) is 13.3. The van der Waals surface area contributed by atoms with Crippen LogP contribution in [0, 0.1) is 6.92 Å². The number of benzene rings is 2. The maximum Gasteiger partial charge on any atom is 0.0784 e. The number of aliphatic hydroxyl groups excluding tert-OH is 1. The zero-order valence-electron chi connectivity index (χ0n) is 19.6. The maximum atomic E-state index is 9.35. The molecular weight excluding hydrogens is 368 g/mol. The van der Waals surface area contributed by atoms with Crippen LogP contribution in [0.2, 0.25) is 19.6 Å². The third-order valence-corrected chi connectivity index (χ3v) is 8.80. The van der Waals surface area contributed by atoms with Gasteiger partial charge in [0.15, 0.2) is 0 Å². The van der Waals surface area contributed by atoms with Crippen molar-refractivity contribution < 1.29 is 5.11 Å². The number of aliphatic hydroxyl groups is 1. The molecule has 1 N–H and O–H groups in total. The van der Waals surface area contributed by atoms with Crippen molar-refractivity contribution in [1.29, 1.82) is 0 Å². The predicted molar refractivity (Wildman–Crippen MR) is 130 cm³/mol. The van der Waals surface area contributed by atoms with Gasteiger partial charge in [-0.15, -0.1) is 0 Å². The Hall–Kier alpha value is -1.64. The lowest BCUT2D eigenvalue weighted by molar-refractivity contribution is 0.282. The Labute approximate surface area is 178 Å². The summed E-state index contributed by atoms with van der Waals surface area (Å²) in [5, 5.41) is 10.9. The molecule has 1 aliphatic carbocycles. The highest BCUT2D eigenvalue weighted by Gasteiger charge is 2.38. The molecular formula is C27H38OSi. The zero-order chi connectivity index (χ0) is 21.6. The van der Waals surface area contributed by atoms with Crippen molar-refractivity contribution in [1.82, 2.24) is 0 Å². The molecule has 0 bridgehead atoms. The Morgan fingerprint density at radius 3 is 1.93 bits per heavy atom. The van der Waals surface area contributed by atoms with Gasteiger partial charge in [0, 0.05) is 0 Å². The van der Waals surface area contributed by atoms with Crippen LogP contribution < -0.4 is 0 Å². The molecule has 0 heterocycles. The average Bonchev–Trinajstić information content (AvgIpc) is 2.63. The quantitative estimate of drug-likeness (QED) is 0.418. The van der Waals surface area contributed by atoms with Crippen molar-refractivity contribution in [2.75, 3.05) is 0 Å². The third-order valence-electron chi connectivity index (χ3n) is 6.77. The molecule has 0 aromatic heterocycles. The highest BCUT2D eigenvalue weighted by Crippen LogP contribution is 2.47. The summed E-state index contributed by atoms with van der Waals surface area (Å²) in [5.41, 5.74) is 8.56. The normalized spacial score (nSPS) is 18.4. The maximum absolute atomic E-state index is 9.35. The van der Waals surface area contributed by atoms with Crippen LogP contribution in [0.5, 0.6) is 0 Å². The standard InChI is InChI=1S/C27H38OSi/c1-19-15-23-24(27(4,5)14-13-26(23,2)3)17-22(19)25(29(6,7)8)16-20-9-11-21(18-28)12-10-20/h9-12,15-17,28H,13-14,18H2,1-8H3/b25-16-. The van der Waals surface area contributed by atoms with Gasteiger partial charge in [-0.05, 0) is 64.0 Å². The van der Waals surface area contributed by atoms with Gasteiger partial charge in [0.1, 0.15) is 0 Å². The number of aryl methyl sites for hydroxylation is 1. The van der Waals surface area contributed by atoms with Crippen LogP contribution in [0.15, 0.2) is 36.4 Å². The van der Waals surface area contributed by atoms with Crippen LogP contribution in [0.3, 0.4) is 0 Å². The molecule has 0 saturated carbocycles. The van der Waals surface area contributed by atoms with Crippen molar-refractivity contribution in [3.63, 3.8) is 0 Å². The minimum Gasteiger partial charge on any atom is -0.392 e. The summed E-state index contributed by atoms with van der Waals surface area (Å²) >= 11 is 0. The molecule has 2 heteroatoms. The van der Waals surface area contributed by atoms with E-state index in [1.54, 1.807) is 0 Å². The number of rotatable bonds is 4. The Morgan fingerprint density at radius 1 is 0.931 bits per heavy atom. The molecule has 1 nitrogen and oxygen atoms in total. The Bertz CT molecular complexity index is 924. The van der Waals surface area contributed by atoms with E-state index in [4.69, 9.17) is 0 Å². The molecule has 1 aliphatic rings. The van der Waals surface area contributed by atoms with E-state index in [1.807, 2.05) is 12.1 Å².